The molecule has 0 aliphatic carbocycles. The van der Waals surface area contributed by atoms with Crippen molar-refractivity contribution >= 4 is 27.4 Å². The summed E-state index contributed by atoms with van der Waals surface area (Å²) in [5, 5.41) is 13.8. The van der Waals surface area contributed by atoms with Crippen LogP contribution in [-0.4, -0.2) is 32.8 Å². The number of rotatable bonds is 6. The van der Waals surface area contributed by atoms with Crippen molar-refractivity contribution in [3.63, 3.8) is 0 Å². The Balaban J connectivity index is 1.35. The SMILES string of the molecule is N[C@H](CNc1nnc(-c2ccc3cncnc3c2)s1)Cc1ccc(C(F)(F)F)cc1. The van der Waals surface area contributed by atoms with Crippen LogP contribution in [0.25, 0.3) is 21.5 Å². The van der Waals surface area contributed by atoms with Gasteiger partial charge in [0.25, 0.3) is 0 Å². The predicted octanol–water partition coefficient (Wildman–Crippen LogP) is 4.15. The summed E-state index contributed by atoms with van der Waals surface area (Å²) >= 11 is 1.39. The van der Waals surface area contributed by atoms with Gasteiger partial charge in [0, 0.05) is 29.7 Å². The molecule has 2 heterocycles. The van der Waals surface area contributed by atoms with E-state index < -0.39 is 11.7 Å². The molecule has 0 aliphatic rings. The van der Waals surface area contributed by atoms with Crippen molar-refractivity contribution < 1.29 is 13.2 Å². The van der Waals surface area contributed by atoms with Gasteiger partial charge in [0.1, 0.15) is 11.3 Å². The molecule has 2 aromatic carbocycles. The molecule has 154 valence electrons. The third kappa shape index (κ3) is 4.71. The highest BCUT2D eigenvalue weighted by Crippen LogP contribution is 2.30. The minimum Gasteiger partial charge on any atom is -0.359 e. The molecule has 1 atom stereocenters. The van der Waals surface area contributed by atoms with Gasteiger partial charge in [-0.15, -0.1) is 10.2 Å². The number of halogens is 3. The van der Waals surface area contributed by atoms with Gasteiger partial charge in [-0.2, -0.15) is 13.2 Å². The van der Waals surface area contributed by atoms with Crippen molar-refractivity contribution in [2.45, 2.75) is 18.6 Å². The number of nitrogens with zero attached hydrogens (tertiary/aromatic N) is 4. The molecule has 4 rings (SSSR count). The highest BCUT2D eigenvalue weighted by atomic mass is 32.1. The number of hydrogen-bond donors (Lipinski definition) is 2. The molecule has 0 fully saturated rings. The summed E-state index contributed by atoms with van der Waals surface area (Å²) in [6.07, 6.45) is -0.647. The Hall–Kier alpha value is -3.11. The molecule has 0 saturated heterocycles. The van der Waals surface area contributed by atoms with Crippen molar-refractivity contribution in [3.8, 4) is 10.6 Å². The molecular formula is C20H17F3N6S. The lowest BCUT2D eigenvalue weighted by atomic mass is 10.0. The van der Waals surface area contributed by atoms with Crippen LogP contribution in [0.2, 0.25) is 0 Å². The van der Waals surface area contributed by atoms with E-state index in [9.17, 15) is 13.2 Å². The van der Waals surface area contributed by atoms with Crippen LogP contribution in [0.15, 0.2) is 55.0 Å². The van der Waals surface area contributed by atoms with Crippen molar-refractivity contribution in [2.24, 2.45) is 5.73 Å². The van der Waals surface area contributed by atoms with Crippen LogP contribution >= 0.6 is 11.3 Å². The van der Waals surface area contributed by atoms with E-state index in [2.05, 4.69) is 25.5 Å². The third-order valence-electron chi connectivity index (χ3n) is 4.47. The lowest BCUT2D eigenvalue weighted by molar-refractivity contribution is -0.137. The second kappa shape index (κ2) is 8.33. The van der Waals surface area contributed by atoms with Crippen molar-refractivity contribution in [2.75, 3.05) is 11.9 Å². The van der Waals surface area contributed by atoms with E-state index in [1.165, 1.54) is 29.8 Å². The highest BCUT2D eigenvalue weighted by molar-refractivity contribution is 7.18. The third-order valence-corrected chi connectivity index (χ3v) is 5.40. The highest BCUT2D eigenvalue weighted by Gasteiger charge is 2.29. The van der Waals surface area contributed by atoms with Crippen LogP contribution in [0.4, 0.5) is 18.3 Å². The van der Waals surface area contributed by atoms with Gasteiger partial charge in [0.15, 0.2) is 0 Å². The summed E-state index contributed by atoms with van der Waals surface area (Å²) in [5.74, 6) is 0. The fraction of sp³-hybridized carbons (Fsp3) is 0.200. The molecule has 0 unspecified atom stereocenters. The molecule has 0 amide bonds. The van der Waals surface area contributed by atoms with E-state index >= 15 is 0 Å². The van der Waals surface area contributed by atoms with Crippen LogP contribution in [-0.2, 0) is 12.6 Å². The number of fused-ring (bicyclic) bond motifs is 1. The number of alkyl halides is 3. The summed E-state index contributed by atoms with van der Waals surface area (Å²) in [4.78, 5) is 8.24. The van der Waals surface area contributed by atoms with E-state index in [1.54, 1.807) is 6.20 Å². The second-order valence-corrected chi connectivity index (χ2v) is 7.73. The van der Waals surface area contributed by atoms with Gasteiger partial charge < -0.3 is 11.1 Å². The number of nitrogens with two attached hydrogens (primary N) is 1. The molecule has 0 aliphatic heterocycles. The largest absolute Gasteiger partial charge is 0.416 e. The quantitative estimate of drug-likeness (QED) is 0.478. The van der Waals surface area contributed by atoms with Gasteiger partial charge in [-0.05, 0) is 30.2 Å². The van der Waals surface area contributed by atoms with E-state index in [4.69, 9.17) is 5.73 Å². The van der Waals surface area contributed by atoms with Crippen LogP contribution in [0.3, 0.4) is 0 Å². The maximum Gasteiger partial charge on any atom is 0.416 e. The zero-order valence-corrected chi connectivity index (χ0v) is 16.4. The Morgan fingerprint density at radius 3 is 2.63 bits per heavy atom. The van der Waals surface area contributed by atoms with Gasteiger partial charge >= 0.3 is 6.18 Å². The molecule has 3 N–H and O–H groups in total. The lowest BCUT2D eigenvalue weighted by Gasteiger charge is -2.13. The number of nitrogens with one attached hydrogen (secondary N) is 1. The Morgan fingerprint density at radius 1 is 1.07 bits per heavy atom. The predicted molar refractivity (Wildman–Crippen MR) is 110 cm³/mol. The van der Waals surface area contributed by atoms with Gasteiger partial charge in [0.2, 0.25) is 5.13 Å². The fourth-order valence-corrected chi connectivity index (χ4v) is 3.69. The zero-order chi connectivity index (χ0) is 21.1. The van der Waals surface area contributed by atoms with Crippen LogP contribution in [0, 0.1) is 0 Å². The van der Waals surface area contributed by atoms with Crippen molar-refractivity contribution in [1.82, 2.24) is 20.2 Å². The zero-order valence-electron chi connectivity index (χ0n) is 15.6. The van der Waals surface area contributed by atoms with Gasteiger partial charge in [-0.3, -0.25) is 0 Å². The van der Waals surface area contributed by atoms with Gasteiger partial charge in [0.05, 0.1) is 11.1 Å². The summed E-state index contributed by atoms with van der Waals surface area (Å²) < 4.78 is 37.9. The second-order valence-electron chi connectivity index (χ2n) is 6.75. The molecule has 0 bridgehead atoms. The summed E-state index contributed by atoms with van der Waals surface area (Å²) in [6.45, 7) is 0.417. The van der Waals surface area contributed by atoms with E-state index in [-0.39, 0.29) is 6.04 Å². The Kier molecular flexibility index (Phi) is 5.60. The molecule has 30 heavy (non-hydrogen) atoms. The summed E-state index contributed by atoms with van der Waals surface area (Å²) in [7, 11) is 0. The maximum absolute atomic E-state index is 12.6. The first-order chi connectivity index (χ1) is 14.4. The van der Waals surface area contributed by atoms with Gasteiger partial charge in [-0.25, -0.2) is 9.97 Å². The first-order valence-electron chi connectivity index (χ1n) is 9.08. The standard InChI is InChI=1S/C20H17F3N6S/c21-20(22,23)15-5-1-12(2-6-15)7-16(24)10-26-19-29-28-18(30-19)13-3-4-14-9-25-11-27-17(14)8-13/h1-6,8-9,11,16H,7,10,24H2,(H,26,29)/t16-/m0/s1. The fourth-order valence-electron chi connectivity index (χ4n) is 2.94. The maximum atomic E-state index is 12.6. The minimum atomic E-state index is -4.34. The van der Waals surface area contributed by atoms with Crippen LogP contribution in [0.1, 0.15) is 11.1 Å². The Morgan fingerprint density at radius 2 is 1.87 bits per heavy atom. The molecule has 0 spiro atoms. The first-order valence-corrected chi connectivity index (χ1v) is 9.89. The minimum absolute atomic E-state index is 0.286. The normalized spacial score (nSPS) is 12.8. The smallest absolute Gasteiger partial charge is 0.359 e. The topological polar surface area (TPSA) is 89.6 Å². The molecule has 10 heteroatoms. The van der Waals surface area contributed by atoms with E-state index in [0.717, 1.165) is 39.2 Å². The Bertz CT molecular complexity index is 1140. The van der Waals surface area contributed by atoms with Crippen molar-refractivity contribution in [3.05, 3.63) is 66.1 Å². The van der Waals surface area contributed by atoms with Crippen molar-refractivity contribution in [1.29, 1.82) is 0 Å². The molecule has 0 radical (unpaired) electrons. The lowest BCUT2D eigenvalue weighted by Crippen LogP contribution is -2.31. The summed E-state index contributed by atoms with van der Waals surface area (Å²) in [6, 6.07) is 10.6. The number of hydrogen-bond acceptors (Lipinski definition) is 7. The first kappa shape index (κ1) is 20.2. The molecule has 6 nitrogen and oxygen atoms in total. The van der Waals surface area contributed by atoms with E-state index in [0.29, 0.717) is 18.1 Å². The van der Waals surface area contributed by atoms with Crippen LogP contribution < -0.4 is 11.1 Å². The average Bonchev–Trinajstić information content (AvgIpc) is 3.21. The molecule has 4 aromatic rings. The average molecular weight is 430 g/mol. The number of anilines is 1. The number of benzene rings is 2. The molecule has 0 saturated carbocycles. The Labute approximate surface area is 174 Å². The van der Waals surface area contributed by atoms with Crippen LogP contribution in [0.5, 0.6) is 0 Å². The van der Waals surface area contributed by atoms with E-state index in [1.807, 2.05) is 18.2 Å². The molecular weight excluding hydrogens is 413 g/mol. The number of aromatic nitrogens is 4. The molecule has 2 aromatic heterocycles. The van der Waals surface area contributed by atoms with Gasteiger partial charge in [-0.1, -0.05) is 35.6 Å². The monoisotopic (exact) mass is 430 g/mol. The summed E-state index contributed by atoms with van der Waals surface area (Å²) in [5.41, 5.74) is 7.92.